The highest BCUT2D eigenvalue weighted by Gasteiger charge is 2.29. The van der Waals surface area contributed by atoms with Crippen LogP contribution in [0.3, 0.4) is 0 Å². The van der Waals surface area contributed by atoms with Gasteiger partial charge in [-0.3, -0.25) is 4.79 Å². The lowest BCUT2D eigenvalue weighted by Crippen LogP contribution is -2.32. The molecule has 158 valence electrons. The number of rotatable bonds is 7. The lowest BCUT2D eigenvalue weighted by Gasteiger charge is -2.32. The number of ether oxygens (including phenoxy) is 1. The maximum absolute atomic E-state index is 12.5. The smallest absolute Gasteiger partial charge is 0.169 e. The van der Waals surface area contributed by atoms with Gasteiger partial charge in [-0.2, -0.15) is 0 Å². The van der Waals surface area contributed by atoms with Crippen LogP contribution in [0.4, 0.5) is 0 Å². The Morgan fingerprint density at radius 1 is 1.10 bits per heavy atom. The number of benzene rings is 2. The Balaban J connectivity index is 1.76. The van der Waals surface area contributed by atoms with Gasteiger partial charge in [0, 0.05) is 18.1 Å². The van der Waals surface area contributed by atoms with E-state index in [2.05, 4.69) is 19.9 Å². The van der Waals surface area contributed by atoms with Crippen molar-refractivity contribution < 1.29 is 24.9 Å². The van der Waals surface area contributed by atoms with Gasteiger partial charge >= 0.3 is 0 Å². The summed E-state index contributed by atoms with van der Waals surface area (Å²) in [5.41, 5.74) is 2.59. The highest BCUT2D eigenvalue weighted by Crippen LogP contribution is 2.42. The summed E-state index contributed by atoms with van der Waals surface area (Å²) in [4.78, 5) is 12.5. The topological polar surface area (TPSA) is 87.0 Å². The molecular weight excluding hydrogens is 380 g/mol. The first kappa shape index (κ1) is 21.5. The zero-order valence-electron chi connectivity index (χ0n) is 17.6. The number of fused-ring (bicyclic) bond motifs is 1. The molecule has 3 N–H and O–H groups in total. The molecule has 0 amide bonds. The van der Waals surface area contributed by atoms with E-state index >= 15 is 0 Å². The SMILES string of the molecule is CC(C)=CCC[C@]1(C)C=Cc2c(CCC(=O)c3ccc(O)cc3O)ccc(O)c2O1. The average Bonchev–Trinajstić information content (AvgIpc) is 2.67. The number of hydrogen-bond acceptors (Lipinski definition) is 5. The molecule has 5 heteroatoms. The first-order valence-electron chi connectivity index (χ1n) is 10.1. The summed E-state index contributed by atoms with van der Waals surface area (Å²) in [5, 5.41) is 29.6. The Hall–Kier alpha value is -3.21. The van der Waals surface area contributed by atoms with Crippen molar-refractivity contribution in [1.82, 2.24) is 0 Å². The fourth-order valence-electron chi connectivity index (χ4n) is 3.58. The number of ketones is 1. The van der Waals surface area contributed by atoms with Crippen molar-refractivity contribution in [3.8, 4) is 23.0 Å². The second kappa shape index (κ2) is 8.66. The number of hydrogen-bond donors (Lipinski definition) is 3. The molecule has 0 saturated heterocycles. The molecule has 1 aliphatic heterocycles. The van der Waals surface area contributed by atoms with E-state index in [0.29, 0.717) is 12.2 Å². The lowest BCUT2D eigenvalue weighted by atomic mass is 9.91. The molecule has 0 saturated carbocycles. The zero-order valence-corrected chi connectivity index (χ0v) is 17.6. The summed E-state index contributed by atoms with van der Waals surface area (Å²) < 4.78 is 6.18. The van der Waals surface area contributed by atoms with Crippen LogP contribution in [0.1, 0.15) is 61.5 Å². The molecular formula is C25H28O5. The number of phenolic OH excluding ortho intramolecular Hbond substituents is 3. The Morgan fingerprint density at radius 3 is 2.57 bits per heavy atom. The van der Waals surface area contributed by atoms with Gasteiger partial charge in [0.15, 0.2) is 17.3 Å². The summed E-state index contributed by atoms with van der Waals surface area (Å²) >= 11 is 0. The molecule has 0 fully saturated rings. The van der Waals surface area contributed by atoms with E-state index < -0.39 is 5.60 Å². The molecule has 1 aliphatic rings. The molecule has 2 aromatic carbocycles. The number of allylic oxidation sites excluding steroid dienone is 2. The number of phenols is 3. The van der Waals surface area contributed by atoms with Crippen LogP contribution >= 0.6 is 0 Å². The highest BCUT2D eigenvalue weighted by atomic mass is 16.5. The molecule has 0 aromatic heterocycles. The van der Waals surface area contributed by atoms with E-state index in [9.17, 15) is 20.1 Å². The van der Waals surface area contributed by atoms with Crippen molar-refractivity contribution in [2.24, 2.45) is 0 Å². The average molecular weight is 408 g/mol. The van der Waals surface area contributed by atoms with Gasteiger partial charge < -0.3 is 20.1 Å². The molecule has 5 nitrogen and oxygen atoms in total. The summed E-state index contributed by atoms with van der Waals surface area (Å²) in [7, 11) is 0. The first-order valence-corrected chi connectivity index (χ1v) is 10.1. The van der Waals surface area contributed by atoms with Gasteiger partial charge in [-0.25, -0.2) is 0 Å². The first-order chi connectivity index (χ1) is 14.2. The minimum Gasteiger partial charge on any atom is -0.508 e. The van der Waals surface area contributed by atoms with Crippen LogP contribution < -0.4 is 4.74 Å². The monoisotopic (exact) mass is 408 g/mol. The largest absolute Gasteiger partial charge is 0.508 e. The van der Waals surface area contributed by atoms with Crippen LogP contribution in [0.15, 0.2) is 48.1 Å². The molecule has 3 rings (SSSR count). The fraction of sp³-hybridized carbons (Fsp3) is 0.320. The Bertz CT molecular complexity index is 1010. The second-order valence-electron chi connectivity index (χ2n) is 8.18. The molecule has 0 bridgehead atoms. The van der Waals surface area contributed by atoms with E-state index in [1.165, 1.54) is 17.7 Å². The Labute approximate surface area is 177 Å². The Morgan fingerprint density at radius 2 is 1.87 bits per heavy atom. The van der Waals surface area contributed by atoms with Crippen molar-refractivity contribution in [1.29, 1.82) is 0 Å². The third-order valence-corrected chi connectivity index (χ3v) is 5.30. The van der Waals surface area contributed by atoms with E-state index in [0.717, 1.165) is 30.0 Å². The lowest BCUT2D eigenvalue weighted by molar-refractivity contribution is 0.0979. The van der Waals surface area contributed by atoms with Crippen LogP contribution in [0.25, 0.3) is 6.08 Å². The Kier molecular flexibility index (Phi) is 6.20. The van der Waals surface area contributed by atoms with E-state index in [1.54, 1.807) is 12.1 Å². The van der Waals surface area contributed by atoms with Crippen LogP contribution in [0.2, 0.25) is 0 Å². The van der Waals surface area contributed by atoms with E-state index in [1.807, 2.05) is 19.1 Å². The molecule has 2 aromatic rings. The van der Waals surface area contributed by atoms with Gasteiger partial charge in [0.2, 0.25) is 0 Å². The zero-order chi connectivity index (χ0) is 21.9. The fourth-order valence-corrected chi connectivity index (χ4v) is 3.58. The maximum Gasteiger partial charge on any atom is 0.169 e. The number of carbonyl (C=O) groups is 1. The summed E-state index contributed by atoms with van der Waals surface area (Å²) in [5.74, 6) is -0.0278. The molecule has 30 heavy (non-hydrogen) atoms. The summed E-state index contributed by atoms with van der Waals surface area (Å²) in [6.45, 7) is 6.12. The van der Waals surface area contributed by atoms with Gasteiger partial charge in [0.1, 0.15) is 17.1 Å². The molecule has 0 spiro atoms. The molecule has 0 aliphatic carbocycles. The normalized spacial score (nSPS) is 17.2. The van der Waals surface area contributed by atoms with Crippen molar-refractivity contribution in [2.75, 3.05) is 0 Å². The molecule has 0 unspecified atom stereocenters. The quantitative estimate of drug-likeness (QED) is 0.414. The number of aryl methyl sites for hydroxylation is 1. The van der Waals surface area contributed by atoms with Gasteiger partial charge in [-0.15, -0.1) is 0 Å². The van der Waals surface area contributed by atoms with Gasteiger partial charge in [-0.05, 0) is 69.9 Å². The second-order valence-corrected chi connectivity index (χ2v) is 8.18. The summed E-state index contributed by atoms with van der Waals surface area (Å²) in [6, 6.07) is 7.33. The molecule has 1 atom stereocenters. The minimum absolute atomic E-state index is 0.0778. The van der Waals surface area contributed by atoms with Crippen LogP contribution in [-0.2, 0) is 6.42 Å². The van der Waals surface area contributed by atoms with Gasteiger partial charge in [0.05, 0.1) is 5.56 Å². The van der Waals surface area contributed by atoms with Crippen molar-refractivity contribution in [3.63, 3.8) is 0 Å². The van der Waals surface area contributed by atoms with E-state index in [-0.39, 0.29) is 35.0 Å². The molecule has 0 radical (unpaired) electrons. The molecule has 1 heterocycles. The third kappa shape index (κ3) is 4.85. The van der Waals surface area contributed by atoms with Crippen molar-refractivity contribution in [2.45, 2.75) is 52.1 Å². The van der Waals surface area contributed by atoms with Crippen molar-refractivity contribution in [3.05, 3.63) is 64.7 Å². The van der Waals surface area contributed by atoms with Crippen LogP contribution in [0, 0.1) is 0 Å². The highest BCUT2D eigenvalue weighted by molar-refractivity contribution is 5.98. The van der Waals surface area contributed by atoms with Crippen LogP contribution in [0.5, 0.6) is 23.0 Å². The predicted molar refractivity (Wildman–Crippen MR) is 117 cm³/mol. The van der Waals surface area contributed by atoms with Crippen LogP contribution in [-0.4, -0.2) is 26.7 Å². The standard InChI is InChI=1S/C25H28O5/c1-16(2)5-4-13-25(3)14-12-19-17(7-11-22(28)24(19)30-25)6-10-21(27)20-9-8-18(26)15-23(20)29/h5,7-9,11-12,14-15,26,28-29H,4,6,10,13H2,1-3H3/t25-/m1/s1. The minimum atomic E-state index is -0.511. The predicted octanol–water partition coefficient (Wildman–Crippen LogP) is 5.53. The van der Waals surface area contributed by atoms with E-state index in [4.69, 9.17) is 4.74 Å². The van der Waals surface area contributed by atoms with Gasteiger partial charge in [-0.1, -0.05) is 23.8 Å². The van der Waals surface area contributed by atoms with Gasteiger partial charge in [0.25, 0.3) is 0 Å². The maximum atomic E-state index is 12.5. The summed E-state index contributed by atoms with van der Waals surface area (Å²) in [6.07, 6.45) is 8.41. The number of carbonyl (C=O) groups excluding carboxylic acids is 1. The number of aromatic hydroxyl groups is 3. The number of Topliss-reactive ketones (excluding diaryl/α,β-unsaturated/α-hetero) is 1. The van der Waals surface area contributed by atoms with Crippen molar-refractivity contribution >= 4 is 11.9 Å². The third-order valence-electron chi connectivity index (χ3n) is 5.30.